The zero-order chi connectivity index (χ0) is 23.8. The van der Waals surface area contributed by atoms with Crippen LogP contribution in [0.15, 0.2) is 48.7 Å². The Bertz CT molecular complexity index is 1070. The molecule has 0 spiro atoms. The lowest BCUT2D eigenvalue weighted by molar-refractivity contribution is 0.122. The Hall–Kier alpha value is -3.39. The molecule has 0 bridgehead atoms. The van der Waals surface area contributed by atoms with Crippen molar-refractivity contribution in [2.45, 2.75) is 20.3 Å². The van der Waals surface area contributed by atoms with Crippen molar-refractivity contribution in [2.75, 3.05) is 68.2 Å². The Morgan fingerprint density at radius 3 is 2.71 bits per heavy atom. The molecule has 0 saturated carbocycles. The van der Waals surface area contributed by atoms with Crippen molar-refractivity contribution in [3.05, 3.63) is 54.2 Å². The van der Waals surface area contributed by atoms with Crippen molar-refractivity contribution in [3.63, 3.8) is 0 Å². The molecule has 1 N–H and O–H groups in total. The number of methoxy groups -OCH3 is 1. The highest BCUT2D eigenvalue weighted by molar-refractivity contribution is 5.66. The highest BCUT2D eigenvalue weighted by Crippen LogP contribution is 2.26. The van der Waals surface area contributed by atoms with Crippen LogP contribution >= 0.6 is 0 Å². The number of aromatic nitrogens is 3. The summed E-state index contributed by atoms with van der Waals surface area (Å²) in [5.41, 5.74) is 3.05. The van der Waals surface area contributed by atoms with Crippen LogP contribution in [0.3, 0.4) is 0 Å². The maximum Gasteiger partial charge on any atom is 0.228 e. The second kappa shape index (κ2) is 11.7. The predicted molar refractivity (Wildman–Crippen MR) is 137 cm³/mol. The van der Waals surface area contributed by atoms with Gasteiger partial charge in [-0.2, -0.15) is 4.98 Å². The minimum Gasteiger partial charge on any atom is -0.497 e. The van der Waals surface area contributed by atoms with Gasteiger partial charge in [-0.25, -0.2) is 9.97 Å². The van der Waals surface area contributed by atoms with Gasteiger partial charge in [0.1, 0.15) is 17.4 Å². The van der Waals surface area contributed by atoms with Crippen molar-refractivity contribution in [3.8, 4) is 17.0 Å². The molecule has 3 aromatic rings. The van der Waals surface area contributed by atoms with Gasteiger partial charge < -0.3 is 24.6 Å². The number of anilines is 3. The first-order valence-corrected chi connectivity index (χ1v) is 11.9. The molecular weight excluding hydrogens is 428 g/mol. The lowest BCUT2D eigenvalue weighted by Gasteiger charge is -2.28. The van der Waals surface area contributed by atoms with Gasteiger partial charge in [-0.15, -0.1) is 0 Å². The fourth-order valence-electron chi connectivity index (χ4n) is 4.08. The Labute approximate surface area is 202 Å². The third-order valence-electron chi connectivity index (χ3n) is 5.84. The van der Waals surface area contributed by atoms with Gasteiger partial charge >= 0.3 is 0 Å². The number of benzene rings is 1. The van der Waals surface area contributed by atoms with E-state index >= 15 is 0 Å². The van der Waals surface area contributed by atoms with E-state index in [2.05, 4.69) is 40.0 Å². The number of nitrogens with one attached hydrogen (secondary N) is 1. The first-order chi connectivity index (χ1) is 16.7. The molecule has 0 atom stereocenters. The Morgan fingerprint density at radius 2 is 1.94 bits per heavy atom. The van der Waals surface area contributed by atoms with Crippen molar-refractivity contribution < 1.29 is 9.47 Å². The minimum atomic E-state index is 0.685. The zero-order valence-corrected chi connectivity index (χ0v) is 20.3. The summed E-state index contributed by atoms with van der Waals surface area (Å²) >= 11 is 0. The van der Waals surface area contributed by atoms with Crippen LogP contribution in [0.5, 0.6) is 5.75 Å². The van der Waals surface area contributed by atoms with Crippen molar-refractivity contribution in [1.29, 1.82) is 0 Å². The molecule has 34 heavy (non-hydrogen) atoms. The summed E-state index contributed by atoms with van der Waals surface area (Å²) in [6.07, 6.45) is 2.92. The van der Waals surface area contributed by atoms with Crippen molar-refractivity contribution >= 4 is 17.6 Å². The van der Waals surface area contributed by atoms with E-state index in [1.54, 1.807) is 7.11 Å². The average Bonchev–Trinajstić information content (AvgIpc) is 2.89. The molecule has 1 aliphatic heterocycles. The van der Waals surface area contributed by atoms with Crippen LogP contribution in [0.1, 0.15) is 18.9 Å². The fraction of sp³-hybridized carbons (Fsp3) is 0.423. The van der Waals surface area contributed by atoms with Crippen LogP contribution in [0.25, 0.3) is 11.3 Å². The van der Waals surface area contributed by atoms with Crippen LogP contribution in [0, 0.1) is 6.92 Å². The van der Waals surface area contributed by atoms with Crippen LogP contribution < -0.4 is 19.9 Å². The van der Waals surface area contributed by atoms with Crippen molar-refractivity contribution in [1.82, 2.24) is 15.0 Å². The molecule has 1 aromatic carbocycles. The number of aryl methyl sites for hydroxylation is 1. The minimum absolute atomic E-state index is 0.685. The molecule has 0 radical (unpaired) electrons. The monoisotopic (exact) mass is 462 g/mol. The maximum absolute atomic E-state index is 5.52. The van der Waals surface area contributed by atoms with Gasteiger partial charge in [-0.05, 0) is 37.1 Å². The number of nitrogens with zero attached hydrogens (tertiary/aromatic N) is 5. The number of pyridine rings is 1. The molecule has 1 aliphatic rings. The highest BCUT2D eigenvalue weighted by atomic mass is 16.5. The highest BCUT2D eigenvalue weighted by Gasteiger charge is 2.17. The summed E-state index contributed by atoms with van der Waals surface area (Å²) in [4.78, 5) is 18.8. The summed E-state index contributed by atoms with van der Waals surface area (Å²) in [5, 5.41) is 3.53. The van der Waals surface area contributed by atoms with Gasteiger partial charge in [0.15, 0.2) is 0 Å². The number of morpholine rings is 1. The Kier molecular flexibility index (Phi) is 8.14. The normalized spacial score (nSPS) is 13.6. The Balaban J connectivity index is 1.55. The predicted octanol–water partition coefficient (Wildman–Crippen LogP) is 4.02. The van der Waals surface area contributed by atoms with E-state index in [1.807, 2.05) is 42.6 Å². The van der Waals surface area contributed by atoms with Crippen molar-refractivity contribution in [2.24, 2.45) is 0 Å². The van der Waals surface area contributed by atoms with E-state index in [0.717, 1.165) is 73.7 Å². The number of ether oxygens (including phenoxy) is 2. The first kappa shape index (κ1) is 23.8. The first-order valence-electron chi connectivity index (χ1n) is 11.9. The average molecular weight is 463 g/mol. The van der Waals surface area contributed by atoms with Crippen LogP contribution in [0.2, 0.25) is 0 Å². The summed E-state index contributed by atoms with van der Waals surface area (Å²) in [5.74, 6) is 3.38. The van der Waals surface area contributed by atoms with Gasteiger partial charge in [-0.1, -0.05) is 25.1 Å². The largest absolute Gasteiger partial charge is 0.497 e. The molecule has 3 heterocycles. The summed E-state index contributed by atoms with van der Waals surface area (Å²) in [7, 11) is 1.68. The molecule has 8 nitrogen and oxygen atoms in total. The SMILES string of the molecule is CCCN(CCNc1cc(-c2cccc(OC)c2)nc(N2CCOCC2)n1)c1ncccc1C. The molecule has 1 fully saturated rings. The molecule has 0 amide bonds. The smallest absolute Gasteiger partial charge is 0.228 e. The number of hydrogen-bond acceptors (Lipinski definition) is 8. The van der Waals surface area contributed by atoms with Gasteiger partial charge in [0.05, 0.1) is 26.0 Å². The molecule has 180 valence electrons. The van der Waals surface area contributed by atoms with Crippen LogP contribution in [-0.2, 0) is 4.74 Å². The summed E-state index contributed by atoms with van der Waals surface area (Å²) in [6, 6.07) is 14.1. The van der Waals surface area contributed by atoms with Gasteiger partial charge in [0.2, 0.25) is 5.95 Å². The van der Waals surface area contributed by atoms with E-state index in [0.29, 0.717) is 13.2 Å². The van der Waals surface area contributed by atoms with E-state index < -0.39 is 0 Å². The van der Waals surface area contributed by atoms with E-state index in [4.69, 9.17) is 19.4 Å². The Morgan fingerprint density at radius 1 is 1.09 bits per heavy atom. The number of rotatable bonds is 10. The van der Waals surface area contributed by atoms with Gasteiger partial charge in [0, 0.05) is 50.6 Å². The summed E-state index contributed by atoms with van der Waals surface area (Å²) < 4.78 is 10.9. The molecule has 1 saturated heterocycles. The van der Waals surface area contributed by atoms with Crippen LogP contribution in [0.4, 0.5) is 17.6 Å². The van der Waals surface area contributed by atoms with E-state index in [1.165, 1.54) is 5.56 Å². The lowest BCUT2D eigenvalue weighted by Crippen LogP contribution is -2.37. The van der Waals surface area contributed by atoms with E-state index in [9.17, 15) is 0 Å². The molecular formula is C26H34N6O2. The molecule has 4 rings (SSSR count). The topological polar surface area (TPSA) is 75.6 Å². The third-order valence-corrected chi connectivity index (χ3v) is 5.84. The van der Waals surface area contributed by atoms with Crippen LogP contribution in [-0.4, -0.2) is 68.0 Å². The second-order valence-corrected chi connectivity index (χ2v) is 8.33. The molecule has 8 heteroatoms. The lowest BCUT2D eigenvalue weighted by atomic mass is 10.1. The third kappa shape index (κ3) is 5.94. The molecule has 0 unspecified atom stereocenters. The summed E-state index contributed by atoms with van der Waals surface area (Å²) in [6.45, 7) is 9.77. The maximum atomic E-state index is 5.52. The van der Waals surface area contributed by atoms with Gasteiger partial charge in [0.25, 0.3) is 0 Å². The standard InChI is InChI=1S/C26H34N6O2/c1-4-12-31(25-20(2)7-6-10-28-25)13-11-27-24-19-23(21-8-5-9-22(18-21)33-3)29-26(30-24)32-14-16-34-17-15-32/h5-10,18-19H,4,11-17H2,1-3H3,(H,27,29,30). The second-order valence-electron chi connectivity index (χ2n) is 8.33. The quantitative estimate of drug-likeness (QED) is 0.484. The fourth-order valence-corrected chi connectivity index (χ4v) is 4.08. The van der Waals surface area contributed by atoms with Gasteiger partial charge in [-0.3, -0.25) is 0 Å². The molecule has 2 aromatic heterocycles. The molecule has 0 aliphatic carbocycles. The zero-order valence-electron chi connectivity index (χ0n) is 20.3. The van der Waals surface area contributed by atoms with E-state index in [-0.39, 0.29) is 0 Å². The number of hydrogen-bond donors (Lipinski definition) is 1.